The summed E-state index contributed by atoms with van der Waals surface area (Å²) < 4.78 is 0. The van der Waals surface area contributed by atoms with Crippen LogP contribution in [0.25, 0.3) is 49.5 Å². The van der Waals surface area contributed by atoms with Crippen LogP contribution in [0.1, 0.15) is 18.1 Å². The zero-order valence-electron chi connectivity index (χ0n) is 29.8. The molecule has 2 atom stereocenters. The van der Waals surface area contributed by atoms with Crippen LogP contribution in [0.4, 0.5) is 5.69 Å². The number of hydrogen-bond acceptors (Lipinski definition) is 4. The SMILES string of the molecule is CC1(c2cccc3ccccc23)C=C(c2ccccc2-c2ccc3c(-c4ccc([NH+]([O-])C(=N)[Si](C)(C)C)cc4)cccc3c2)NC(C2=CC=C=C2)=N1. The number of amidine groups is 2. The second-order valence-electron chi connectivity index (χ2n) is 14.7. The molecule has 2 unspecified atom stereocenters. The van der Waals surface area contributed by atoms with E-state index in [0.717, 1.165) is 61.3 Å². The molecule has 1 aliphatic heterocycles. The quantitative estimate of drug-likeness (QED) is 0.0512. The van der Waals surface area contributed by atoms with Crippen molar-refractivity contribution in [1.82, 2.24) is 5.32 Å². The van der Waals surface area contributed by atoms with Gasteiger partial charge in [-0.25, -0.2) is 0 Å². The lowest BCUT2D eigenvalue weighted by Crippen LogP contribution is -3.08. The summed E-state index contributed by atoms with van der Waals surface area (Å²) in [7, 11) is -2.00. The molecular weight excluding hydrogens is 653 g/mol. The van der Waals surface area contributed by atoms with E-state index in [2.05, 4.69) is 133 Å². The largest absolute Gasteiger partial charge is 0.623 e. The summed E-state index contributed by atoms with van der Waals surface area (Å²) in [6.07, 6.45) is 8.23. The van der Waals surface area contributed by atoms with Gasteiger partial charge in [-0.3, -0.25) is 10.4 Å². The van der Waals surface area contributed by atoms with Crippen LogP contribution in [0, 0.1) is 10.6 Å². The number of benzene rings is 6. The highest BCUT2D eigenvalue weighted by Crippen LogP contribution is 2.40. The number of aliphatic imine (C=N–C) groups is 1. The van der Waals surface area contributed by atoms with Crippen LogP contribution >= 0.6 is 0 Å². The normalized spacial score (nSPS) is 17.4. The summed E-state index contributed by atoms with van der Waals surface area (Å²) in [5, 5.41) is 29.6. The molecule has 52 heavy (non-hydrogen) atoms. The Kier molecular flexibility index (Phi) is 8.33. The van der Waals surface area contributed by atoms with Crippen molar-refractivity contribution in [3.63, 3.8) is 0 Å². The van der Waals surface area contributed by atoms with Crippen LogP contribution < -0.4 is 10.4 Å². The number of rotatable bonds is 7. The highest BCUT2D eigenvalue weighted by atomic mass is 28.3. The number of nitrogens with one attached hydrogen (secondary N) is 3. The van der Waals surface area contributed by atoms with E-state index in [1.807, 2.05) is 56.1 Å². The molecule has 0 saturated heterocycles. The topological polar surface area (TPSA) is 75.7 Å². The Morgan fingerprint density at radius 3 is 2.19 bits per heavy atom. The maximum absolute atomic E-state index is 13.0. The number of allylic oxidation sites excluding steroid dienone is 1. The Balaban J connectivity index is 1.19. The third kappa shape index (κ3) is 6.08. The van der Waals surface area contributed by atoms with Gasteiger partial charge < -0.3 is 15.6 Å². The van der Waals surface area contributed by atoms with Crippen LogP contribution in [0.2, 0.25) is 19.6 Å². The first-order chi connectivity index (χ1) is 25.1. The van der Waals surface area contributed by atoms with Gasteiger partial charge in [0, 0.05) is 29.0 Å². The molecular formula is C46H40N4OSi. The van der Waals surface area contributed by atoms with E-state index in [4.69, 9.17) is 10.4 Å². The summed E-state index contributed by atoms with van der Waals surface area (Å²) >= 11 is 0. The van der Waals surface area contributed by atoms with Gasteiger partial charge in [-0.1, -0.05) is 117 Å². The van der Waals surface area contributed by atoms with Crippen LogP contribution in [-0.4, -0.2) is 19.4 Å². The monoisotopic (exact) mass is 692 g/mol. The van der Waals surface area contributed by atoms with Gasteiger partial charge in [0.1, 0.15) is 17.1 Å². The summed E-state index contributed by atoms with van der Waals surface area (Å²) in [6, 6.07) is 44.3. The molecule has 254 valence electrons. The predicted molar refractivity (Wildman–Crippen MR) is 220 cm³/mol. The van der Waals surface area contributed by atoms with Gasteiger partial charge in [0.25, 0.3) is 0 Å². The number of nitrogens with zero attached hydrogens (tertiary/aromatic N) is 1. The zero-order chi connectivity index (χ0) is 36.0. The lowest BCUT2D eigenvalue weighted by atomic mass is 9.84. The minimum absolute atomic E-state index is 0.168. The fourth-order valence-electron chi connectivity index (χ4n) is 7.25. The fourth-order valence-corrected chi connectivity index (χ4v) is 8.08. The first-order valence-corrected chi connectivity index (χ1v) is 21.2. The summed E-state index contributed by atoms with van der Waals surface area (Å²) in [5.41, 5.74) is 12.0. The Hall–Kier alpha value is -5.88. The first kappa shape index (κ1) is 33.3. The minimum Gasteiger partial charge on any atom is -0.623 e. The van der Waals surface area contributed by atoms with Gasteiger partial charge in [0.15, 0.2) is 13.5 Å². The molecule has 6 aromatic rings. The van der Waals surface area contributed by atoms with Crippen molar-refractivity contribution in [2.45, 2.75) is 32.1 Å². The first-order valence-electron chi connectivity index (χ1n) is 17.7. The molecule has 6 heteroatoms. The molecule has 0 bridgehead atoms. The number of quaternary nitrogens is 1. The van der Waals surface area contributed by atoms with Crippen LogP contribution in [0.15, 0.2) is 168 Å². The zero-order valence-corrected chi connectivity index (χ0v) is 30.8. The van der Waals surface area contributed by atoms with Crippen molar-refractivity contribution in [3.05, 3.63) is 179 Å². The van der Waals surface area contributed by atoms with Gasteiger partial charge in [-0.05, 0) is 98.8 Å². The minimum atomic E-state index is -2.00. The van der Waals surface area contributed by atoms with Gasteiger partial charge in [-0.15, -0.1) is 5.73 Å². The average molecular weight is 693 g/mol. The van der Waals surface area contributed by atoms with E-state index in [1.165, 1.54) is 10.8 Å². The van der Waals surface area contributed by atoms with Gasteiger partial charge in [0.05, 0.1) is 0 Å². The molecule has 0 radical (unpaired) electrons. The molecule has 2 aliphatic rings. The molecule has 0 spiro atoms. The second kappa shape index (κ2) is 13.0. The standard InChI is InChI=1S/C46H40N4OSi/c1-46(42-22-12-16-31-13-7-8-19-40(31)42)30-43(48-44(49-46)33-14-5-6-15-33)41-20-10-9-18-38(41)35-25-28-39-34(29-35)17-11-21-37(39)32-23-26-36(27-24-32)50(51)45(47)52(2,3)4/h5,7-30,47,50H,1-4H3,(H,48,49). The molecule has 0 aromatic heterocycles. The van der Waals surface area contributed by atoms with Crippen molar-refractivity contribution in [2.75, 3.05) is 0 Å². The summed E-state index contributed by atoms with van der Waals surface area (Å²) in [5.74, 6) is 0.817. The van der Waals surface area contributed by atoms with E-state index in [-0.39, 0.29) is 10.5 Å². The lowest BCUT2D eigenvalue weighted by Gasteiger charge is -2.32. The smallest absolute Gasteiger partial charge is 0.172 e. The molecule has 3 N–H and O–H groups in total. The third-order valence-corrected chi connectivity index (χ3v) is 11.8. The van der Waals surface area contributed by atoms with Crippen LogP contribution in [-0.2, 0) is 5.54 Å². The molecule has 8 rings (SSSR count). The van der Waals surface area contributed by atoms with Crippen molar-refractivity contribution < 1.29 is 5.06 Å². The highest BCUT2D eigenvalue weighted by Gasteiger charge is 2.32. The molecule has 0 fully saturated rings. The van der Waals surface area contributed by atoms with E-state index < -0.39 is 13.6 Å². The molecule has 0 saturated carbocycles. The van der Waals surface area contributed by atoms with Crippen molar-refractivity contribution in [3.8, 4) is 22.3 Å². The second-order valence-corrected chi connectivity index (χ2v) is 19.7. The average Bonchev–Trinajstić information content (AvgIpc) is 3.72. The maximum atomic E-state index is 13.0. The van der Waals surface area contributed by atoms with Crippen molar-refractivity contribution in [1.29, 1.82) is 5.41 Å². The van der Waals surface area contributed by atoms with E-state index in [0.29, 0.717) is 5.69 Å². The summed E-state index contributed by atoms with van der Waals surface area (Å²) in [6.45, 7) is 8.30. The fraction of sp³-hybridized carbons (Fsp3) is 0.109. The molecule has 0 amide bonds. The molecule has 5 nitrogen and oxygen atoms in total. The molecule has 6 aromatic carbocycles. The van der Waals surface area contributed by atoms with Crippen LogP contribution in [0.5, 0.6) is 0 Å². The van der Waals surface area contributed by atoms with Crippen molar-refractivity contribution >= 4 is 52.3 Å². The molecule has 1 aliphatic carbocycles. The Bertz CT molecular complexity index is 2560. The van der Waals surface area contributed by atoms with Crippen LogP contribution in [0.3, 0.4) is 0 Å². The highest BCUT2D eigenvalue weighted by molar-refractivity contribution is 7.02. The number of hydroxylamine groups is 1. The Labute approximate surface area is 305 Å². The number of hydrogen-bond donors (Lipinski definition) is 3. The van der Waals surface area contributed by atoms with E-state index >= 15 is 0 Å². The Morgan fingerprint density at radius 1 is 0.750 bits per heavy atom. The van der Waals surface area contributed by atoms with Gasteiger partial charge in [0.2, 0.25) is 0 Å². The number of fused-ring (bicyclic) bond motifs is 2. The van der Waals surface area contributed by atoms with Crippen molar-refractivity contribution in [2.24, 2.45) is 4.99 Å². The Morgan fingerprint density at radius 2 is 1.42 bits per heavy atom. The van der Waals surface area contributed by atoms with Gasteiger partial charge >= 0.3 is 0 Å². The van der Waals surface area contributed by atoms with Gasteiger partial charge in [-0.2, -0.15) is 0 Å². The maximum Gasteiger partial charge on any atom is 0.172 e. The third-order valence-electron chi connectivity index (χ3n) is 10.1. The van der Waals surface area contributed by atoms with E-state index in [9.17, 15) is 5.21 Å². The predicted octanol–water partition coefficient (Wildman–Crippen LogP) is 10.1. The summed E-state index contributed by atoms with van der Waals surface area (Å²) in [4.78, 5) is 5.35. The lowest BCUT2D eigenvalue weighted by molar-refractivity contribution is -0.665. The molecule has 1 heterocycles. The van der Waals surface area contributed by atoms with E-state index in [1.54, 1.807) is 0 Å².